The van der Waals surface area contributed by atoms with E-state index in [4.69, 9.17) is 9.97 Å². The molecule has 1 heterocycles. The number of benzene rings is 9. The number of fused-ring (bicyclic) bond motifs is 9. The van der Waals surface area contributed by atoms with Gasteiger partial charge in [-0.3, -0.25) is 0 Å². The van der Waals surface area contributed by atoms with Gasteiger partial charge in [-0.25, -0.2) is 9.97 Å². The van der Waals surface area contributed by atoms with Crippen LogP contribution in [0.1, 0.15) is 25.0 Å². The minimum Gasteiger partial charge on any atom is -0.228 e. The van der Waals surface area contributed by atoms with Crippen LogP contribution in [0.4, 0.5) is 0 Å². The molecule has 0 radical (unpaired) electrons. The van der Waals surface area contributed by atoms with Gasteiger partial charge in [0.2, 0.25) is 0 Å². The molecule has 0 amide bonds. The van der Waals surface area contributed by atoms with Gasteiger partial charge in [-0.1, -0.05) is 172 Å². The van der Waals surface area contributed by atoms with E-state index in [2.05, 4.69) is 178 Å². The van der Waals surface area contributed by atoms with Crippen LogP contribution in [0.25, 0.3) is 99.2 Å². The van der Waals surface area contributed by atoms with Gasteiger partial charge in [0, 0.05) is 22.1 Å². The van der Waals surface area contributed by atoms with Gasteiger partial charge in [-0.15, -0.1) is 0 Å². The second kappa shape index (κ2) is 12.1. The number of hydrogen-bond acceptors (Lipinski definition) is 2. The quantitative estimate of drug-likeness (QED) is 0.171. The topological polar surface area (TPSA) is 25.8 Å². The first kappa shape index (κ1) is 31.6. The fraction of sp³-hybridized carbons (Fsp3) is 0.0566. The Morgan fingerprint density at radius 1 is 0.345 bits per heavy atom. The molecule has 0 N–H and O–H groups in total. The summed E-state index contributed by atoms with van der Waals surface area (Å²) < 4.78 is 0. The highest BCUT2D eigenvalue weighted by Crippen LogP contribution is 2.53. The molecule has 0 bridgehead atoms. The van der Waals surface area contributed by atoms with Crippen molar-refractivity contribution in [2.75, 3.05) is 0 Å². The lowest BCUT2D eigenvalue weighted by Crippen LogP contribution is -2.14. The summed E-state index contributed by atoms with van der Waals surface area (Å²) >= 11 is 0. The van der Waals surface area contributed by atoms with E-state index in [1.807, 2.05) is 18.2 Å². The van der Waals surface area contributed by atoms with Crippen molar-refractivity contribution in [3.8, 4) is 56.2 Å². The zero-order chi connectivity index (χ0) is 36.7. The molecule has 1 aliphatic rings. The monoisotopic (exact) mass is 700 g/mol. The third-order valence-corrected chi connectivity index (χ3v) is 11.9. The molecule has 0 atom stereocenters. The maximum Gasteiger partial charge on any atom is 0.160 e. The molecule has 1 aromatic heterocycles. The van der Waals surface area contributed by atoms with Crippen molar-refractivity contribution in [3.63, 3.8) is 0 Å². The first-order chi connectivity index (χ1) is 27.0. The summed E-state index contributed by atoms with van der Waals surface area (Å²) in [5.41, 5.74) is 12.7. The van der Waals surface area contributed by atoms with E-state index in [1.165, 1.54) is 76.5 Å². The molecule has 0 unspecified atom stereocenters. The van der Waals surface area contributed by atoms with Crippen molar-refractivity contribution in [2.24, 2.45) is 0 Å². The van der Waals surface area contributed by atoms with Crippen LogP contribution in [0.2, 0.25) is 0 Å². The maximum absolute atomic E-state index is 5.16. The Hall–Kier alpha value is -6.90. The molecule has 0 saturated heterocycles. The molecule has 0 saturated carbocycles. The van der Waals surface area contributed by atoms with E-state index in [1.54, 1.807) is 0 Å². The van der Waals surface area contributed by atoms with Crippen molar-refractivity contribution in [1.82, 2.24) is 9.97 Å². The summed E-state index contributed by atoms with van der Waals surface area (Å²) in [6, 6.07) is 66.0. The molecular weight excluding hydrogens is 665 g/mol. The van der Waals surface area contributed by atoms with Gasteiger partial charge < -0.3 is 0 Å². The summed E-state index contributed by atoms with van der Waals surface area (Å²) in [7, 11) is 0. The summed E-state index contributed by atoms with van der Waals surface area (Å²) in [6.45, 7) is 4.71. The van der Waals surface area contributed by atoms with E-state index < -0.39 is 0 Å². The van der Waals surface area contributed by atoms with Gasteiger partial charge in [0.25, 0.3) is 0 Å². The minimum absolute atomic E-state index is 0.0832. The fourth-order valence-electron chi connectivity index (χ4n) is 8.98. The summed E-state index contributed by atoms with van der Waals surface area (Å²) in [5.74, 6) is 0.717. The van der Waals surface area contributed by atoms with Crippen molar-refractivity contribution in [3.05, 3.63) is 193 Å². The smallest absolute Gasteiger partial charge is 0.160 e. The Morgan fingerprint density at radius 2 is 0.945 bits per heavy atom. The van der Waals surface area contributed by atoms with Gasteiger partial charge in [0.05, 0.1) is 11.4 Å². The van der Waals surface area contributed by atoms with Crippen LogP contribution in [0.15, 0.2) is 182 Å². The van der Waals surface area contributed by atoms with E-state index in [0.29, 0.717) is 5.82 Å². The van der Waals surface area contributed by atoms with E-state index in [0.717, 1.165) is 28.1 Å². The molecule has 2 heteroatoms. The SMILES string of the molecule is CC1(C)c2cc3ccccc3cc2-c2c(-c3ccc(-c4cc(-c5ccc6c(ccc7c8ccccc8ccc67)c5)nc(-c5ccccc5)n4)cc3)cccc21. The Balaban J connectivity index is 1.02. The van der Waals surface area contributed by atoms with Crippen LogP contribution < -0.4 is 0 Å². The van der Waals surface area contributed by atoms with Crippen LogP contribution in [0.5, 0.6) is 0 Å². The highest BCUT2D eigenvalue weighted by molar-refractivity contribution is 6.17. The lowest BCUT2D eigenvalue weighted by molar-refractivity contribution is 0.661. The van der Waals surface area contributed by atoms with Crippen molar-refractivity contribution in [1.29, 1.82) is 0 Å². The van der Waals surface area contributed by atoms with Crippen LogP contribution in [-0.4, -0.2) is 9.97 Å². The third-order valence-electron chi connectivity index (χ3n) is 11.9. The van der Waals surface area contributed by atoms with Crippen molar-refractivity contribution >= 4 is 43.1 Å². The molecule has 2 nitrogen and oxygen atoms in total. The Kier molecular flexibility index (Phi) is 6.93. The number of aromatic nitrogens is 2. The number of nitrogens with zero attached hydrogens (tertiary/aromatic N) is 2. The van der Waals surface area contributed by atoms with E-state index in [9.17, 15) is 0 Å². The molecular formula is C53H36N2. The third kappa shape index (κ3) is 5.02. The Morgan fingerprint density at radius 3 is 1.73 bits per heavy atom. The van der Waals surface area contributed by atoms with Crippen LogP contribution in [0.3, 0.4) is 0 Å². The van der Waals surface area contributed by atoms with E-state index >= 15 is 0 Å². The molecule has 0 aliphatic heterocycles. The molecule has 10 aromatic rings. The van der Waals surface area contributed by atoms with Crippen LogP contribution in [0, 0.1) is 0 Å². The molecule has 11 rings (SSSR count). The molecule has 1 aliphatic carbocycles. The first-order valence-electron chi connectivity index (χ1n) is 19.1. The van der Waals surface area contributed by atoms with Gasteiger partial charge in [-0.2, -0.15) is 0 Å². The summed E-state index contributed by atoms with van der Waals surface area (Å²) in [4.78, 5) is 10.3. The second-order valence-corrected chi connectivity index (χ2v) is 15.4. The second-order valence-electron chi connectivity index (χ2n) is 15.4. The molecule has 55 heavy (non-hydrogen) atoms. The van der Waals surface area contributed by atoms with Crippen LogP contribution in [-0.2, 0) is 5.41 Å². The van der Waals surface area contributed by atoms with Gasteiger partial charge in [0.15, 0.2) is 5.82 Å². The molecule has 0 spiro atoms. The maximum atomic E-state index is 5.16. The van der Waals surface area contributed by atoms with Gasteiger partial charge in [0.1, 0.15) is 0 Å². The van der Waals surface area contributed by atoms with Crippen LogP contribution >= 0.6 is 0 Å². The minimum atomic E-state index is -0.0832. The molecule has 0 fully saturated rings. The number of hydrogen-bond donors (Lipinski definition) is 0. The van der Waals surface area contributed by atoms with Gasteiger partial charge >= 0.3 is 0 Å². The van der Waals surface area contributed by atoms with Gasteiger partial charge in [-0.05, 0) is 101 Å². The Bertz CT molecular complexity index is 3160. The average Bonchev–Trinajstić information content (AvgIpc) is 3.47. The lowest BCUT2D eigenvalue weighted by Gasteiger charge is -2.22. The lowest BCUT2D eigenvalue weighted by atomic mass is 9.81. The number of rotatable bonds is 4. The fourth-order valence-corrected chi connectivity index (χ4v) is 8.98. The largest absolute Gasteiger partial charge is 0.228 e. The zero-order valence-electron chi connectivity index (χ0n) is 30.7. The summed E-state index contributed by atoms with van der Waals surface area (Å²) in [5, 5.41) is 10.1. The predicted octanol–water partition coefficient (Wildman–Crippen LogP) is 14.1. The van der Waals surface area contributed by atoms with E-state index in [-0.39, 0.29) is 5.41 Å². The zero-order valence-corrected chi connectivity index (χ0v) is 30.7. The Labute approximate surface area is 320 Å². The predicted molar refractivity (Wildman–Crippen MR) is 231 cm³/mol. The molecule has 258 valence electrons. The first-order valence-corrected chi connectivity index (χ1v) is 19.1. The highest BCUT2D eigenvalue weighted by atomic mass is 14.9. The van der Waals surface area contributed by atoms with Crippen molar-refractivity contribution < 1.29 is 0 Å². The molecule has 9 aromatic carbocycles. The highest BCUT2D eigenvalue weighted by Gasteiger charge is 2.37. The standard InChI is InChI=1S/C53H36N2/c1-53(2)47-18-10-17-43(51(47)46-30-37-14-6-7-15-38(37)31-48(46)53)34-19-21-35(22-20-34)49-32-50(55-52(54-49)36-12-4-3-5-13-36)40-25-26-42-39(29-40)24-28-44-41-16-9-8-11-33(41)23-27-45(42)44/h3-32H,1-2H3. The normalized spacial score (nSPS) is 13.1. The van der Waals surface area contributed by atoms with Crippen molar-refractivity contribution in [2.45, 2.75) is 19.3 Å². The summed E-state index contributed by atoms with van der Waals surface area (Å²) in [6.07, 6.45) is 0. The average molecular weight is 701 g/mol.